The normalized spacial score (nSPS) is 12.0. The summed E-state index contributed by atoms with van der Waals surface area (Å²) < 4.78 is 6.44. The molecule has 21 heavy (non-hydrogen) atoms. The molecule has 7 nitrogen and oxygen atoms in total. The summed E-state index contributed by atoms with van der Waals surface area (Å²) in [6.07, 6.45) is 2.25. The molecule has 0 aliphatic heterocycles. The first kappa shape index (κ1) is 14.8. The van der Waals surface area contributed by atoms with Crippen LogP contribution >= 0.6 is 0 Å². The topological polar surface area (TPSA) is 89.2 Å². The Hall–Kier alpha value is -2.57. The molecule has 0 saturated heterocycles. The molecule has 0 aliphatic rings. The summed E-state index contributed by atoms with van der Waals surface area (Å²) in [5.74, 6) is -0.0390. The Balaban J connectivity index is 2.09. The number of amides is 2. The van der Waals surface area contributed by atoms with E-state index in [0.717, 1.165) is 6.42 Å². The lowest BCUT2D eigenvalue weighted by molar-refractivity contribution is 0.0932. The van der Waals surface area contributed by atoms with Crippen LogP contribution < -0.4 is 10.6 Å². The van der Waals surface area contributed by atoms with Crippen molar-refractivity contribution in [3.05, 3.63) is 35.9 Å². The monoisotopic (exact) mass is 290 g/mol. The maximum atomic E-state index is 12.0. The number of anilines is 1. The second-order valence-electron chi connectivity index (χ2n) is 4.75. The van der Waals surface area contributed by atoms with E-state index in [1.165, 1.54) is 17.0 Å². The third-order valence-corrected chi connectivity index (χ3v) is 3.09. The largest absolute Gasteiger partial charge is 0.459 e. The fraction of sp³-hybridized carbons (Fsp3) is 0.357. The van der Waals surface area contributed by atoms with Crippen LogP contribution in [0.15, 0.2) is 28.9 Å². The molecule has 112 valence electrons. The van der Waals surface area contributed by atoms with Gasteiger partial charge in [-0.25, -0.2) is 0 Å². The van der Waals surface area contributed by atoms with Crippen molar-refractivity contribution in [3.63, 3.8) is 0 Å². The van der Waals surface area contributed by atoms with E-state index in [0.29, 0.717) is 5.82 Å². The first-order valence-corrected chi connectivity index (χ1v) is 6.71. The maximum Gasteiger partial charge on any atom is 0.292 e. The molecule has 2 rings (SSSR count). The summed E-state index contributed by atoms with van der Waals surface area (Å²) in [5.41, 5.74) is 0.257. The van der Waals surface area contributed by atoms with Crippen LogP contribution in [0.5, 0.6) is 0 Å². The highest BCUT2D eigenvalue weighted by atomic mass is 16.3. The fourth-order valence-corrected chi connectivity index (χ4v) is 1.68. The van der Waals surface area contributed by atoms with Gasteiger partial charge in [-0.15, -0.1) is 0 Å². The van der Waals surface area contributed by atoms with Gasteiger partial charge in [0.1, 0.15) is 5.82 Å². The molecule has 7 heteroatoms. The Morgan fingerprint density at radius 1 is 1.43 bits per heavy atom. The van der Waals surface area contributed by atoms with Crippen LogP contribution in [0.4, 0.5) is 5.82 Å². The lowest BCUT2D eigenvalue weighted by atomic mass is 10.2. The van der Waals surface area contributed by atoms with E-state index in [1.54, 1.807) is 19.2 Å². The highest BCUT2D eigenvalue weighted by Crippen LogP contribution is 2.12. The minimum absolute atomic E-state index is 0.0701. The minimum Gasteiger partial charge on any atom is -0.459 e. The molecule has 0 radical (unpaired) electrons. The third kappa shape index (κ3) is 3.50. The van der Waals surface area contributed by atoms with Gasteiger partial charge in [-0.1, -0.05) is 6.92 Å². The van der Waals surface area contributed by atoms with Gasteiger partial charge in [0.05, 0.1) is 6.26 Å². The van der Waals surface area contributed by atoms with Crippen LogP contribution in [0.25, 0.3) is 0 Å². The summed E-state index contributed by atoms with van der Waals surface area (Å²) in [7, 11) is 1.65. The predicted molar refractivity (Wildman–Crippen MR) is 77.1 cm³/mol. The average Bonchev–Trinajstić information content (AvgIpc) is 3.09. The van der Waals surface area contributed by atoms with Crippen molar-refractivity contribution >= 4 is 17.6 Å². The number of hydrogen-bond donors (Lipinski definition) is 2. The minimum atomic E-state index is -0.392. The average molecular weight is 290 g/mol. The number of carbonyl (C=O) groups is 2. The van der Waals surface area contributed by atoms with Gasteiger partial charge in [0.2, 0.25) is 0 Å². The van der Waals surface area contributed by atoms with Gasteiger partial charge in [-0.2, -0.15) is 5.10 Å². The van der Waals surface area contributed by atoms with Gasteiger partial charge in [0.25, 0.3) is 11.8 Å². The van der Waals surface area contributed by atoms with Crippen LogP contribution in [0.3, 0.4) is 0 Å². The number of hydrogen-bond acceptors (Lipinski definition) is 4. The molecule has 0 bridgehead atoms. The molecule has 2 amide bonds. The lowest BCUT2D eigenvalue weighted by Crippen LogP contribution is -2.32. The van der Waals surface area contributed by atoms with E-state index in [2.05, 4.69) is 15.7 Å². The molecule has 2 aromatic heterocycles. The molecule has 1 atom stereocenters. The second-order valence-corrected chi connectivity index (χ2v) is 4.75. The van der Waals surface area contributed by atoms with E-state index in [4.69, 9.17) is 4.42 Å². The number of nitrogens with zero attached hydrogens (tertiary/aromatic N) is 2. The van der Waals surface area contributed by atoms with E-state index < -0.39 is 5.91 Å². The number of rotatable bonds is 5. The van der Waals surface area contributed by atoms with Crippen molar-refractivity contribution in [2.75, 3.05) is 5.32 Å². The number of aryl methyl sites for hydroxylation is 1. The van der Waals surface area contributed by atoms with Gasteiger partial charge in [-0.3, -0.25) is 14.3 Å². The zero-order valence-corrected chi connectivity index (χ0v) is 12.2. The molecule has 0 aliphatic carbocycles. The third-order valence-electron chi connectivity index (χ3n) is 3.09. The SMILES string of the molecule is CCC(C)NC(=O)c1cc(NC(=O)c2ccco2)n(C)n1. The number of carbonyl (C=O) groups excluding carboxylic acids is 2. The molecule has 2 N–H and O–H groups in total. The molecule has 0 spiro atoms. The predicted octanol–water partition coefficient (Wildman–Crippen LogP) is 1.79. The van der Waals surface area contributed by atoms with Gasteiger partial charge in [0, 0.05) is 19.2 Å². The van der Waals surface area contributed by atoms with Crippen LogP contribution in [-0.4, -0.2) is 27.6 Å². The van der Waals surface area contributed by atoms with Crippen molar-refractivity contribution in [1.82, 2.24) is 15.1 Å². The fourth-order valence-electron chi connectivity index (χ4n) is 1.68. The molecule has 1 unspecified atom stereocenters. The standard InChI is InChI=1S/C14H18N4O3/c1-4-9(2)15-13(19)10-8-12(18(3)17-10)16-14(20)11-6-5-7-21-11/h5-9H,4H2,1-3H3,(H,15,19)(H,16,20). The summed E-state index contributed by atoms with van der Waals surface area (Å²) >= 11 is 0. The number of furan rings is 1. The number of aromatic nitrogens is 2. The summed E-state index contributed by atoms with van der Waals surface area (Å²) in [6.45, 7) is 3.90. The van der Waals surface area contributed by atoms with Crippen molar-refractivity contribution in [2.24, 2.45) is 7.05 Å². The highest BCUT2D eigenvalue weighted by Gasteiger charge is 2.17. The van der Waals surface area contributed by atoms with Gasteiger partial charge in [0.15, 0.2) is 11.5 Å². The van der Waals surface area contributed by atoms with E-state index >= 15 is 0 Å². The van der Waals surface area contributed by atoms with Crippen LogP contribution in [0.2, 0.25) is 0 Å². The Kier molecular flexibility index (Phi) is 4.42. The molecule has 0 saturated carbocycles. The molecular formula is C14H18N4O3. The summed E-state index contributed by atoms with van der Waals surface area (Å²) in [4.78, 5) is 23.9. The summed E-state index contributed by atoms with van der Waals surface area (Å²) in [5, 5.41) is 9.56. The van der Waals surface area contributed by atoms with E-state index in [1.807, 2.05) is 13.8 Å². The van der Waals surface area contributed by atoms with Crippen molar-refractivity contribution in [1.29, 1.82) is 0 Å². The van der Waals surface area contributed by atoms with Gasteiger partial charge >= 0.3 is 0 Å². The van der Waals surface area contributed by atoms with Crippen molar-refractivity contribution in [3.8, 4) is 0 Å². The van der Waals surface area contributed by atoms with E-state index in [-0.39, 0.29) is 23.4 Å². The van der Waals surface area contributed by atoms with Crippen molar-refractivity contribution in [2.45, 2.75) is 26.3 Å². The maximum absolute atomic E-state index is 12.0. The molecule has 2 heterocycles. The molecule has 0 fully saturated rings. The Morgan fingerprint density at radius 3 is 2.81 bits per heavy atom. The Bertz CT molecular complexity index is 631. The zero-order valence-electron chi connectivity index (χ0n) is 12.2. The lowest BCUT2D eigenvalue weighted by Gasteiger charge is -2.09. The van der Waals surface area contributed by atoms with Crippen LogP contribution in [0, 0.1) is 0 Å². The highest BCUT2D eigenvalue weighted by molar-refractivity contribution is 6.02. The smallest absolute Gasteiger partial charge is 0.292 e. The van der Waals surface area contributed by atoms with Gasteiger partial charge < -0.3 is 15.1 Å². The summed E-state index contributed by atoms with van der Waals surface area (Å²) in [6, 6.07) is 4.78. The van der Waals surface area contributed by atoms with Crippen LogP contribution in [0.1, 0.15) is 41.3 Å². The number of nitrogens with one attached hydrogen (secondary N) is 2. The molecule has 2 aromatic rings. The quantitative estimate of drug-likeness (QED) is 0.878. The second kappa shape index (κ2) is 6.25. The molecular weight excluding hydrogens is 272 g/mol. The van der Waals surface area contributed by atoms with Crippen LogP contribution in [-0.2, 0) is 7.05 Å². The zero-order chi connectivity index (χ0) is 15.4. The van der Waals surface area contributed by atoms with E-state index in [9.17, 15) is 9.59 Å². The first-order chi connectivity index (χ1) is 10.0. The Labute approximate surface area is 122 Å². The molecule has 0 aromatic carbocycles. The van der Waals surface area contributed by atoms with Gasteiger partial charge in [-0.05, 0) is 25.5 Å². The first-order valence-electron chi connectivity index (χ1n) is 6.71. The Morgan fingerprint density at radius 2 is 2.19 bits per heavy atom. The van der Waals surface area contributed by atoms with Crippen molar-refractivity contribution < 1.29 is 14.0 Å².